The second-order valence-corrected chi connectivity index (χ2v) is 7.19. The number of halogens is 1. The SMILES string of the molecule is Cc1c(C(=O)N2CCc3ccccc3C2)cnn1-c1ccc(Br)cc1. The highest BCUT2D eigenvalue weighted by atomic mass is 79.9. The molecule has 0 radical (unpaired) electrons. The minimum absolute atomic E-state index is 0.0513. The molecule has 4 rings (SSSR count). The zero-order valence-electron chi connectivity index (χ0n) is 13.9. The molecule has 0 atom stereocenters. The van der Waals surface area contributed by atoms with Gasteiger partial charge in [0.2, 0.25) is 0 Å². The first-order valence-corrected chi connectivity index (χ1v) is 9.09. The predicted octanol–water partition coefficient (Wildman–Crippen LogP) is 4.14. The van der Waals surface area contributed by atoms with Crippen LogP contribution in [0.2, 0.25) is 0 Å². The normalized spacial score (nSPS) is 13.6. The number of benzene rings is 2. The topological polar surface area (TPSA) is 38.1 Å². The van der Waals surface area contributed by atoms with Gasteiger partial charge < -0.3 is 4.90 Å². The average molecular weight is 396 g/mol. The van der Waals surface area contributed by atoms with Crippen LogP contribution in [-0.4, -0.2) is 27.1 Å². The van der Waals surface area contributed by atoms with E-state index >= 15 is 0 Å². The molecule has 0 spiro atoms. The van der Waals surface area contributed by atoms with Crippen LogP contribution in [0.5, 0.6) is 0 Å². The lowest BCUT2D eigenvalue weighted by Crippen LogP contribution is -2.36. The minimum Gasteiger partial charge on any atom is -0.334 e. The summed E-state index contributed by atoms with van der Waals surface area (Å²) in [4.78, 5) is 14.9. The highest BCUT2D eigenvalue weighted by Gasteiger charge is 2.24. The summed E-state index contributed by atoms with van der Waals surface area (Å²) in [7, 11) is 0. The molecule has 0 fully saturated rings. The first-order valence-electron chi connectivity index (χ1n) is 8.30. The highest BCUT2D eigenvalue weighted by Crippen LogP contribution is 2.22. The number of hydrogen-bond acceptors (Lipinski definition) is 2. The molecule has 0 saturated carbocycles. The van der Waals surface area contributed by atoms with E-state index in [4.69, 9.17) is 0 Å². The lowest BCUT2D eigenvalue weighted by Gasteiger charge is -2.28. The molecule has 0 unspecified atom stereocenters. The van der Waals surface area contributed by atoms with Crippen molar-refractivity contribution in [3.8, 4) is 5.69 Å². The van der Waals surface area contributed by atoms with E-state index in [0.29, 0.717) is 12.1 Å². The Morgan fingerprint density at radius 1 is 1.08 bits per heavy atom. The summed E-state index contributed by atoms with van der Waals surface area (Å²) >= 11 is 3.44. The van der Waals surface area contributed by atoms with Gasteiger partial charge in [-0.3, -0.25) is 4.79 Å². The number of carbonyl (C=O) groups is 1. The molecule has 1 aromatic heterocycles. The standard InChI is InChI=1S/C20H18BrN3O/c1-14-19(12-22-24(14)18-8-6-17(21)7-9-18)20(25)23-11-10-15-4-2-3-5-16(15)13-23/h2-9,12H,10-11,13H2,1H3. The van der Waals surface area contributed by atoms with Gasteiger partial charge in [-0.1, -0.05) is 40.2 Å². The van der Waals surface area contributed by atoms with Crippen molar-refractivity contribution in [3.63, 3.8) is 0 Å². The first-order chi connectivity index (χ1) is 12.1. The molecule has 0 bridgehead atoms. The van der Waals surface area contributed by atoms with Crippen molar-refractivity contribution in [2.24, 2.45) is 0 Å². The van der Waals surface area contributed by atoms with Gasteiger partial charge >= 0.3 is 0 Å². The molecule has 4 nitrogen and oxygen atoms in total. The number of hydrogen-bond donors (Lipinski definition) is 0. The Labute approximate surface area is 155 Å². The minimum atomic E-state index is 0.0513. The Bertz CT molecular complexity index is 930. The largest absolute Gasteiger partial charge is 0.334 e. The van der Waals surface area contributed by atoms with Crippen LogP contribution in [0.3, 0.4) is 0 Å². The van der Waals surface area contributed by atoms with Crippen LogP contribution >= 0.6 is 15.9 Å². The van der Waals surface area contributed by atoms with Crippen LogP contribution in [-0.2, 0) is 13.0 Å². The summed E-state index contributed by atoms with van der Waals surface area (Å²) in [6, 6.07) is 16.2. The number of carbonyl (C=O) groups excluding carboxylic acids is 1. The maximum atomic E-state index is 13.0. The van der Waals surface area contributed by atoms with Crippen LogP contribution in [0.25, 0.3) is 5.69 Å². The monoisotopic (exact) mass is 395 g/mol. The van der Waals surface area contributed by atoms with Gasteiger partial charge in [-0.15, -0.1) is 0 Å². The molecule has 126 valence electrons. The molecule has 3 aromatic rings. The molecule has 2 heterocycles. The van der Waals surface area contributed by atoms with E-state index in [1.165, 1.54) is 11.1 Å². The van der Waals surface area contributed by atoms with Gasteiger partial charge in [0, 0.05) is 17.6 Å². The fourth-order valence-corrected chi connectivity index (χ4v) is 3.57. The number of nitrogens with zero attached hydrogens (tertiary/aromatic N) is 3. The molecular weight excluding hydrogens is 378 g/mol. The molecule has 5 heteroatoms. The molecule has 0 aliphatic carbocycles. The molecule has 1 aliphatic rings. The van der Waals surface area contributed by atoms with Gasteiger partial charge in [-0.2, -0.15) is 5.10 Å². The van der Waals surface area contributed by atoms with E-state index in [9.17, 15) is 4.79 Å². The third kappa shape index (κ3) is 3.00. The molecule has 0 N–H and O–H groups in total. The predicted molar refractivity (Wildman–Crippen MR) is 101 cm³/mol. The average Bonchev–Trinajstić information content (AvgIpc) is 3.03. The molecule has 0 saturated heterocycles. The number of rotatable bonds is 2. The zero-order valence-corrected chi connectivity index (χ0v) is 15.5. The van der Waals surface area contributed by atoms with Crippen LogP contribution in [0.1, 0.15) is 27.2 Å². The first kappa shape index (κ1) is 16.1. The lowest BCUT2D eigenvalue weighted by molar-refractivity contribution is 0.0734. The van der Waals surface area contributed by atoms with Crippen molar-refractivity contribution >= 4 is 21.8 Å². The molecule has 2 aromatic carbocycles. The van der Waals surface area contributed by atoms with Crippen molar-refractivity contribution in [1.82, 2.24) is 14.7 Å². The quantitative estimate of drug-likeness (QED) is 0.653. The Hall–Kier alpha value is -2.40. The van der Waals surface area contributed by atoms with Crippen LogP contribution in [0.15, 0.2) is 59.2 Å². The van der Waals surface area contributed by atoms with Crippen molar-refractivity contribution in [3.05, 3.63) is 81.6 Å². The van der Waals surface area contributed by atoms with E-state index in [1.807, 2.05) is 46.8 Å². The summed E-state index contributed by atoms with van der Waals surface area (Å²) in [5, 5.41) is 4.43. The lowest BCUT2D eigenvalue weighted by atomic mass is 9.99. The van der Waals surface area contributed by atoms with Gasteiger partial charge in [0.15, 0.2) is 0 Å². The van der Waals surface area contributed by atoms with Crippen molar-refractivity contribution < 1.29 is 4.79 Å². The fraction of sp³-hybridized carbons (Fsp3) is 0.200. The summed E-state index contributed by atoms with van der Waals surface area (Å²) in [6.07, 6.45) is 2.59. The van der Waals surface area contributed by atoms with Crippen molar-refractivity contribution in [2.75, 3.05) is 6.54 Å². The summed E-state index contributed by atoms with van der Waals surface area (Å²) < 4.78 is 2.83. The third-order valence-corrected chi connectivity index (χ3v) is 5.26. The van der Waals surface area contributed by atoms with Gasteiger partial charge in [0.05, 0.1) is 23.1 Å². The van der Waals surface area contributed by atoms with Gasteiger partial charge in [0.25, 0.3) is 5.91 Å². The highest BCUT2D eigenvalue weighted by molar-refractivity contribution is 9.10. The van der Waals surface area contributed by atoms with Gasteiger partial charge in [-0.05, 0) is 48.7 Å². The van der Waals surface area contributed by atoms with E-state index in [0.717, 1.165) is 28.8 Å². The van der Waals surface area contributed by atoms with E-state index in [-0.39, 0.29) is 5.91 Å². The Kier molecular flexibility index (Phi) is 4.17. The summed E-state index contributed by atoms with van der Waals surface area (Å²) in [5.74, 6) is 0.0513. The smallest absolute Gasteiger partial charge is 0.257 e. The van der Waals surface area contributed by atoms with E-state index in [1.54, 1.807) is 6.20 Å². The van der Waals surface area contributed by atoms with Crippen LogP contribution in [0.4, 0.5) is 0 Å². The Balaban J connectivity index is 1.60. The van der Waals surface area contributed by atoms with E-state index in [2.05, 4.69) is 39.2 Å². The van der Waals surface area contributed by atoms with Gasteiger partial charge in [0.1, 0.15) is 0 Å². The molecule has 25 heavy (non-hydrogen) atoms. The third-order valence-electron chi connectivity index (χ3n) is 4.73. The van der Waals surface area contributed by atoms with E-state index < -0.39 is 0 Å². The molecule has 1 amide bonds. The van der Waals surface area contributed by atoms with Crippen LogP contribution in [0, 0.1) is 6.92 Å². The maximum Gasteiger partial charge on any atom is 0.257 e. The summed E-state index contributed by atoms with van der Waals surface area (Å²) in [5.41, 5.74) is 5.06. The Morgan fingerprint density at radius 2 is 1.80 bits per heavy atom. The molecular formula is C20H18BrN3O. The zero-order chi connectivity index (χ0) is 17.4. The molecule has 1 aliphatic heterocycles. The van der Waals surface area contributed by atoms with Crippen molar-refractivity contribution in [1.29, 1.82) is 0 Å². The second-order valence-electron chi connectivity index (χ2n) is 6.28. The number of amides is 1. The van der Waals surface area contributed by atoms with Crippen molar-refractivity contribution in [2.45, 2.75) is 19.9 Å². The summed E-state index contributed by atoms with van der Waals surface area (Å²) in [6.45, 7) is 3.36. The van der Waals surface area contributed by atoms with Crippen LogP contribution < -0.4 is 0 Å². The number of fused-ring (bicyclic) bond motifs is 1. The second kappa shape index (κ2) is 6.48. The van der Waals surface area contributed by atoms with Gasteiger partial charge in [-0.25, -0.2) is 4.68 Å². The number of aromatic nitrogens is 2. The Morgan fingerprint density at radius 3 is 2.56 bits per heavy atom. The fourth-order valence-electron chi connectivity index (χ4n) is 3.30. The maximum absolute atomic E-state index is 13.0.